The van der Waals surface area contributed by atoms with Crippen LogP contribution in [0.5, 0.6) is 0 Å². The van der Waals surface area contributed by atoms with Crippen LogP contribution in [0.2, 0.25) is 15.1 Å². The summed E-state index contributed by atoms with van der Waals surface area (Å²) in [6.07, 6.45) is 0.915. The lowest BCUT2D eigenvalue weighted by atomic mass is 10.1. The number of aromatic nitrogens is 1. The molecule has 5 heteroatoms. The fourth-order valence-electron chi connectivity index (χ4n) is 2.67. The average Bonchev–Trinajstić information content (AvgIpc) is 2.48. The number of aryl methyl sites for hydroxylation is 1. The number of benzene rings is 2. The fourth-order valence-corrected chi connectivity index (χ4v) is 3.46. The molecule has 0 amide bonds. The van der Waals surface area contributed by atoms with E-state index >= 15 is 0 Å². The normalized spacial score (nSPS) is 11.4. The second-order valence-electron chi connectivity index (χ2n) is 4.88. The first-order valence-corrected chi connectivity index (χ1v) is 7.78. The van der Waals surface area contributed by atoms with Crippen molar-refractivity contribution in [3.05, 3.63) is 55.6 Å². The molecule has 0 fully saturated rings. The van der Waals surface area contributed by atoms with Crippen LogP contribution in [0.25, 0.3) is 21.8 Å². The third-order valence-corrected chi connectivity index (χ3v) is 4.60. The summed E-state index contributed by atoms with van der Waals surface area (Å²) in [7, 11) is 0. The van der Waals surface area contributed by atoms with E-state index in [0.717, 1.165) is 18.5 Å². The molecule has 0 aliphatic heterocycles. The lowest BCUT2D eigenvalue weighted by molar-refractivity contribution is 0.720. The predicted molar refractivity (Wildman–Crippen MR) is 91.0 cm³/mol. The third kappa shape index (κ3) is 2.22. The monoisotopic (exact) mass is 339 g/mol. The Morgan fingerprint density at radius 1 is 1.10 bits per heavy atom. The van der Waals surface area contributed by atoms with Gasteiger partial charge in [0, 0.05) is 11.9 Å². The van der Waals surface area contributed by atoms with Crippen molar-refractivity contribution in [2.45, 2.75) is 19.9 Å². The molecule has 0 radical (unpaired) electrons. The van der Waals surface area contributed by atoms with E-state index < -0.39 is 0 Å². The van der Waals surface area contributed by atoms with Crippen molar-refractivity contribution in [3.8, 4) is 0 Å². The topological polar surface area (TPSA) is 22.0 Å². The molecule has 0 saturated heterocycles. The minimum atomic E-state index is -0.137. The number of halogens is 3. The summed E-state index contributed by atoms with van der Waals surface area (Å²) in [5.41, 5.74) is 1.37. The molecule has 0 N–H and O–H groups in total. The molecule has 0 bridgehead atoms. The summed E-state index contributed by atoms with van der Waals surface area (Å²) in [5.74, 6) is 0. The van der Waals surface area contributed by atoms with Gasteiger partial charge in [0.1, 0.15) is 0 Å². The van der Waals surface area contributed by atoms with Crippen molar-refractivity contribution >= 4 is 56.6 Å². The van der Waals surface area contributed by atoms with E-state index in [1.165, 1.54) is 0 Å². The number of rotatable bonds is 2. The smallest absolute Gasteiger partial charge is 0.198 e. The molecule has 0 atom stereocenters. The summed E-state index contributed by atoms with van der Waals surface area (Å²) in [6, 6.07) is 9.06. The zero-order valence-electron chi connectivity index (χ0n) is 11.3. The molecule has 0 aliphatic carbocycles. The van der Waals surface area contributed by atoms with Crippen molar-refractivity contribution in [1.29, 1.82) is 0 Å². The van der Waals surface area contributed by atoms with Gasteiger partial charge in [0.15, 0.2) is 5.43 Å². The molecule has 0 aliphatic rings. The summed E-state index contributed by atoms with van der Waals surface area (Å²) < 4.78 is 2.04. The molecule has 3 aromatic rings. The first-order valence-electron chi connectivity index (χ1n) is 6.65. The van der Waals surface area contributed by atoms with Crippen molar-refractivity contribution in [2.24, 2.45) is 0 Å². The second kappa shape index (κ2) is 5.53. The molecule has 108 valence electrons. The second-order valence-corrected chi connectivity index (χ2v) is 6.07. The summed E-state index contributed by atoms with van der Waals surface area (Å²) in [4.78, 5) is 12.8. The predicted octanol–water partition coefficient (Wildman–Crippen LogP) is 5.52. The summed E-state index contributed by atoms with van der Waals surface area (Å²) >= 11 is 18.7. The highest BCUT2D eigenvalue weighted by molar-refractivity contribution is 6.47. The van der Waals surface area contributed by atoms with Crippen LogP contribution in [0, 0.1) is 0 Å². The van der Waals surface area contributed by atoms with E-state index in [9.17, 15) is 4.79 Å². The maximum absolute atomic E-state index is 12.8. The zero-order chi connectivity index (χ0) is 15.1. The standard InChI is InChI=1S/C16H12Cl3NO/c1-2-7-20-12-6-4-3-5-9(12)16(21)13-14(19)10(17)8-11(18)15(13)20/h3-6,8H,2,7H2,1H3. The number of pyridine rings is 1. The number of hydrogen-bond acceptors (Lipinski definition) is 1. The largest absolute Gasteiger partial charge is 0.339 e. The fraction of sp³-hybridized carbons (Fsp3) is 0.188. The molecule has 2 nitrogen and oxygen atoms in total. The van der Waals surface area contributed by atoms with Crippen molar-refractivity contribution in [2.75, 3.05) is 0 Å². The quantitative estimate of drug-likeness (QED) is 0.444. The Morgan fingerprint density at radius 2 is 1.81 bits per heavy atom. The van der Waals surface area contributed by atoms with Crippen LogP contribution < -0.4 is 5.43 Å². The molecular weight excluding hydrogens is 329 g/mol. The van der Waals surface area contributed by atoms with E-state index in [2.05, 4.69) is 6.92 Å². The molecule has 0 spiro atoms. The highest BCUT2D eigenvalue weighted by atomic mass is 35.5. The highest BCUT2D eigenvalue weighted by Gasteiger charge is 2.17. The van der Waals surface area contributed by atoms with E-state index in [1.54, 1.807) is 12.1 Å². The molecule has 0 saturated carbocycles. The van der Waals surface area contributed by atoms with Gasteiger partial charge in [0.25, 0.3) is 0 Å². The van der Waals surface area contributed by atoms with E-state index in [4.69, 9.17) is 34.8 Å². The third-order valence-electron chi connectivity index (χ3n) is 3.53. The molecule has 3 rings (SSSR count). The van der Waals surface area contributed by atoms with Crippen LogP contribution in [-0.2, 0) is 6.54 Å². The van der Waals surface area contributed by atoms with Gasteiger partial charge in [-0.25, -0.2) is 0 Å². The molecule has 2 aromatic carbocycles. The number of para-hydroxylation sites is 1. The van der Waals surface area contributed by atoms with E-state index in [1.807, 2.05) is 22.8 Å². The molecule has 21 heavy (non-hydrogen) atoms. The highest BCUT2D eigenvalue weighted by Crippen LogP contribution is 2.35. The van der Waals surface area contributed by atoms with Crippen molar-refractivity contribution in [1.82, 2.24) is 4.57 Å². The maximum atomic E-state index is 12.8. The Bertz CT molecular complexity index is 915. The van der Waals surface area contributed by atoms with Gasteiger partial charge in [0.05, 0.1) is 31.5 Å². The average molecular weight is 341 g/mol. The summed E-state index contributed by atoms with van der Waals surface area (Å²) in [5, 5.41) is 2.01. The van der Waals surface area contributed by atoms with Gasteiger partial charge in [0.2, 0.25) is 0 Å². The zero-order valence-corrected chi connectivity index (χ0v) is 13.6. The van der Waals surface area contributed by atoms with Gasteiger partial charge < -0.3 is 4.57 Å². The van der Waals surface area contributed by atoms with Crippen molar-refractivity contribution in [3.63, 3.8) is 0 Å². The Balaban J connectivity index is 2.68. The van der Waals surface area contributed by atoms with Gasteiger partial charge in [-0.1, -0.05) is 53.9 Å². The molecular formula is C16H12Cl3NO. The van der Waals surface area contributed by atoms with Gasteiger partial charge in [-0.15, -0.1) is 0 Å². The lowest BCUT2D eigenvalue weighted by Gasteiger charge is -2.16. The van der Waals surface area contributed by atoms with Crippen LogP contribution in [0.15, 0.2) is 35.1 Å². The SMILES string of the molecule is CCCn1c2ccccc2c(=O)c2c(Cl)c(Cl)cc(Cl)c21. The van der Waals surface area contributed by atoms with Crippen LogP contribution in [-0.4, -0.2) is 4.57 Å². The first kappa shape index (κ1) is 14.7. The first-order chi connectivity index (χ1) is 10.1. The van der Waals surface area contributed by atoms with E-state index in [-0.39, 0.29) is 10.5 Å². The maximum Gasteiger partial charge on any atom is 0.198 e. The Kier molecular flexibility index (Phi) is 3.87. The number of nitrogens with zero attached hydrogens (tertiary/aromatic N) is 1. The number of fused-ring (bicyclic) bond motifs is 2. The molecule has 0 unspecified atom stereocenters. The van der Waals surface area contributed by atoms with Crippen LogP contribution in [0.4, 0.5) is 0 Å². The van der Waals surface area contributed by atoms with Crippen LogP contribution in [0.3, 0.4) is 0 Å². The van der Waals surface area contributed by atoms with Crippen LogP contribution in [0.1, 0.15) is 13.3 Å². The Morgan fingerprint density at radius 3 is 2.52 bits per heavy atom. The molecule has 1 heterocycles. The van der Waals surface area contributed by atoms with E-state index in [0.29, 0.717) is 26.3 Å². The van der Waals surface area contributed by atoms with Gasteiger partial charge >= 0.3 is 0 Å². The number of hydrogen-bond donors (Lipinski definition) is 0. The van der Waals surface area contributed by atoms with Gasteiger partial charge in [-0.3, -0.25) is 4.79 Å². The minimum absolute atomic E-state index is 0.137. The van der Waals surface area contributed by atoms with Crippen LogP contribution >= 0.6 is 34.8 Å². The minimum Gasteiger partial charge on any atom is -0.339 e. The Labute approximate surface area is 136 Å². The van der Waals surface area contributed by atoms with Gasteiger partial charge in [-0.05, 0) is 24.6 Å². The molecule has 1 aromatic heterocycles. The Hall–Kier alpha value is -1.22. The lowest BCUT2D eigenvalue weighted by Crippen LogP contribution is -2.12. The van der Waals surface area contributed by atoms with Gasteiger partial charge in [-0.2, -0.15) is 0 Å². The van der Waals surface area contributed by atoms with Crippen molar-refractivity contribution < 1.29 is 0 Å². The summed E-state index contributed by atoms with van der Waals surface area (Å²) in [6.45, 7) is 2.82.